The van der Waals surface area contributed by atoms with E-state index in [1.807, 2.05) is 0 Å². The van der Waals surface area contributed by atoms with E-state index in [-0.39, 0.29) is 28.1 Å². The van der Waals surface area contributed by atoms with Crippen LogP contribution in [0.3, 0.4) is 0 Å². The van der Waals surface area contributed by atoms with E-state index >= 15 is 0 Å². The Hall–Kier alpha value is -0.920. The molecule has 5 aliphatic carbocycles. The van der Waals surface area contributed by atoms with Crippen molar-refractivity contribution in [3.63, 3.8) is 0 Å². The van der Waals surface area contributed by atoms with Gasteiger partial charge in [0.1, 0.15) is 5.78 Å². The van der Waals surface area contributed by atoms with Gasteiger partial charge in [-0.3, -0.25) is 9.59 Å². The molecule has 0 aromatic heterocycles. The molecule has 10 atom stereocenters. The summed E-state index contributed by atoms with van der Waals surface area (Å²) >= 11 is 0. The zero-order valence-corrected chi connectivity index (χ0v) is 21.0. The second-order valence-corrected chi connectivity index (χ2v) is 13.6. The highest BCUT2D eigenvalue weighted by molar-refractivity contribution is 5.96. The van der Waals surface area contributed by atoms with Crippen LogP contribution >= 0.6 is 0 Å². The molecular formula is C29H44O2. The summed E-state index contributed by atoms with van der Waals surface area (Å²) in [6, 6.07) is 0. The van der Waals surface area contributed by atoms with Crippen LogP contribution in [0.2, 0.25) is 0 Å². The molecule has 0 aromatic rings. The molecule has 0 aromatic carbocycles. The van der Waals surface area contributed by atoms with Gasteiger partial charge < -0.3 is 0 Å². The van der Waals surface area contributed by atoms with Gasteiger partial charge >= 0.3 is 0 Å². The van der Waals surface area contributed by atoms with Crippen LogP contribution in [0.25, 0.3) is 0 Å². The Balaban J connectivity index is 1.64. The smallest absolute Gasteiger partial charge is 0.159 e. The van der Waals surface area contributed by atoms with E-state index in [0.717, 1.165) is 25.2 Å². The maximum atomic E-state index is 14.1. The second-order valence-electron chi connectivity index (χ2n) is 13.6. The largest absolute Gasteiger partial charge is 0.299 e. The van der Waals surface area contributed by atoms with E-state index in [4.69, 9.17) is 0 Å². The topological polar surface area (TPSA) is 34.1 Å². The van der Waals surface area contributed by atoms with Gasteiger partial charge in [-0.1, -0.05) is 54.0 Å². The van der Waals surface area contributed by atoms with E-state index < -0.39 is 0 Å². The normalized spacial score (nSPS) is 56.7. The van der Waals surface area contributed by atoms with Crippen LogP contribution in [0.4, 0.5) is 0 Å². The molecule has 0 radical (unpaired) electrons. The number of carbonyl (C=O) groups excluding carboxylic acids is 2. The number of carbonyl (C=O) groups is 2. The molecule has 4 fully saturated rings. The summed E-state index contributed by atoms with van der Waals surface area (Å²) in [5.74, 6) is 3.32. The molecule has 5 rings (SSSR count). The molecule has 0 amide bonds. The van der Waals surface area contributed by atoms with Crippen molar-refractivity contribution >= 4 is 11.6 Å². The zero-order chi connectivity index (χ0) is 22.6. The molecule has 5 aliphatic rings. The number of rotatable bonds is 0. The fraction of sp³-hybridized carbons (Fsp3) is 0.862. The minimum Gasteiger partial charge on any atom is -0.299 e. The summed E-state index contributed by atoms with van der Waals surface area (Å²) in [6.07, 6.45) is 11.1. The Morgan fingerprint density at radius 3 is 2.29 bits per heavy atom. The molecule has 31 heavy (non-hydrogen) atoms. The van der Waals surface area contributed by atoms with E-state index in [2.05, 4.69) is 54.5 Å². The summed E-state index contributed by atoms with van der Waals surface area (Å²) in [5, 5.41) is 0. The lowest BCUT2D eigenvalue weighted by atomic mass is 9.34. The molecule has 2 heteroatoms. The molecule has 0 spiro atoms. The van der Waals surface area contributed by atoms with Crippen LogP contribution in [0.15, 0.2) is 11.6 Å². The van der Waals surface area contributed by atoms with Crippen LogP contribution in [-0.2, 0) is 9.59 Å². The monoisotopic (exact) mass is 424 g/mol. The summed E-state index contributed by atoms with van der Waals surface area (Å²) < 4.78 is 0. The van der Waals surface area contributed by atoms with Crippen LogP contribution in [0, 0.1) is 57.2 Å². The Bertz CT molecular complexity index is 855. The van der Waals surface area contributed by atoms with Crippen molar-refractivity contribution < 1.29 is 9.59 Å². The summed E-state index contributed by atoms with van der Waals surface area (Å²) in [5.41, 5.74) is 1.97. The third kappa shape index (κ3) is 2.57. The molecule has 0 N–H and O–H groups in total. The van der Waals surface area contributed by atoms with Gasteiger partial charge in [-0.05, 0) is 96.4 Å². The van der Waals surface area contributed by atoms with Gasteiger partial charge in [0.15, 0.2) is 5.78 Å². The van der Waals surface area contributed by atoms with Crippen molar-refractivity contribution in [2.24, 2.45) is 57.2 Å². The molecule has 4 saturated carbocycles. The fourth-order valence-corrected chi connectivity index (χ4v) is 10.1. The first-order chi connectivity index (χ1) is 14.4. The average Bonchev–Trinajstić information content (AvgIpc) is 2.70. The molecule has 2 unspecified atom stereocenters. The zero-order valence-electron chi connectivity index (χ0n) is 21.0. The van der Waals surface area contributed by atoms with Crippen molar-refractivity contribution in [1.82, 2.24) is 0 Å². The van der Waals surface area contributed by atoms with Crippen LogP contribution in [0.5, 0.6) is 0 Å². The lowest BCUT2D eigenvalue weighted by Gasteiger charge is -2.69. The van der Waals surface area contributed by atoms with Crippen molar-refractivity contribution in [2.45, 2.75) is 99.8 Å². The standard InChI is InChI=1S/C29H44O2/c1-17-8-11-26(4)14-15-28(6)21(24(26)18(17)2)16-23(31)25-27(5)12-10-22(30)19(3)20(27)9-13-29(25,28)7/h16-20,24-25H,8-15H2,1-7H3/t17-,18+,19?,20?,24+,25-,26-,27+,28-,29-/m1/s1. The average molecular weight is 425 g/mol. The van der Waals surface area contributed by atoms with Crippen molar-refractivity contribution in [3.05, 3.63) is 11.6 Å². The van der Waals surface area contributed by atoms with Gasteiger partial charge in [0.25, 0.3) is 0 Å². The van der Waals surface area contributed by atoms with Crippen LogP contribution in [-0.4, -0.2) is 11.6 Å². The quantitative estimate of drug-likeness (QED) is 0.418. The van der Waals surface area contributed by atoms with Gasteiger partial charge in [-0.25, -0.2) is 0 Å². The number of Topliss-reactive ketones (excluding diaryl/α,β-unsaturated/α-hetero) is 1. The van der Waals surface area contributed by atoms with Crippen molar-refractivity contribution in [3.8, 4) is 0 Å². The first-order valence-corrected chi connectivity index (χ1v) is 13.2. The van der Waals surface area contributed by atoms with Crippen LogP contribution in [0.1, 0.15) is 99.8 Å². The first kappa shape index (κ1) is 21.9. The second kappa shape index (κ2) is 6.57. The van der Waals surface area contributed by atoms with E-state index in [1.165, 1.54) is 31.3 Å². The third-order valence-electron chi connectivity index (χ3n) is 12.5. The minimum absolute atomic E-state index is 0.0151. The van der Waals surface area contributed by atoms with E-state index in [9.17, 15) is 9.59 Å². The summed E-state index contributed by atoms with van der Waals surface area (Å²) in [7, 11) is 0. The highest BCUT2D eigenvalue weighted by Crippen LogP contribution is 2.74. The highest BCUT2D eigenvalue weighted by Gasteiger charge is 2.68. The lowest BCUT2D eigenvalue weighted by molar-refractivity contribution is -0.178. The Morgan fingerprint density at radius 1 is 0.871 bits per heavy atom. The molecule has 0 heterocycles. The van der Waals surface area contributed by atoms with Gasteiger partial charge in [-0.2, -0.15) is 0 Å². The highest BCUT2D eigenvalue weighted by atomic mass is 16.1. The van der Waals surface area contributed by atoms with Crippen molar-refractivity contribution in [1.29, 1.82) is 0 Å². The summed E-state index contributed by atoms with van der Waals surface area (Å²) in [4.78, 5) is 26.7. The molecule has 0 aliphatic heterocycles. The third-order valence-corrected chi connectivity index (χ3v) is 12.5. The molecule has 2 nitrogen and oxygen atoms in total. The van der Waals surface area contributed by atoms with Gasteiger partial charge in [-0.15, -0.1) is 0 Å². The first-order valence-electron chi connectivity index (χ1n) is 13.2. The lowest BCUT2D eigenvalue weighted by Crippen LogP contribution is -2.65. The Kier molecular flexibility index (Phi) is 4.64. The van der Waals surface area contributed by atoms with E-state index in [1.54, 1.807) is 0 Å². The number of hydrogen-bond donors (Lipinski definition) is 0. The van der Waals surface area contributed by atoms with Crippen molar-refractivity contribution in [2.75, 3.05) is 0 Å². The number of fused-ring (bicyclic) bond motifs is 7. The van der Waals surface area contributed by atoms with Gasteiger partial charge in [0.05, 0.1) is 0 Å². The van der Waals surface area contributed by atoms with Crippen LogP contribution < -0.4 is 0 Å². The fourth-order valence-electron chi connectivity index (χ4n) is 10.1. The number of ketones is 2. The predicted molar refractivity (Wildman–Crippen MR) is 125 cm³/mol. The Morgan fingerprint density at radius 2 is 1.58 bits per heavy atom. The summed E-state index contributed by atoms with van der Waals surface area (Å²) in [6.45, 7) is 16.9. The number of hydrogen-bond acceptors (Lipinski definition) is 2. The molecule has 172 valence electrons. The van der Waals surface area contributed by atoms with E-state index in [0.29, 0.717) is 41.2 Å². The minimum atomic E-state index is -0.0331. The predicted octanol–water partition coefficient (Wildman–Crippen LogP) is 7.02. The SMILES string of the molecule is CC1C(=O)CC[C@@]2(C)C1CC[C@]1(C)[C@@H]2C(=O)C=C2[C@@H]3[C@@H](C)[C@H](C)CC[C@]3(C)CC[C@]21C. The number of allylic oxidation sites excluding steroid dienone is 2. The Labute approximate surface area is 190 Å². The maximum Gasteiger partial charge on any atom is 0.159 e. The molecule has 0 bridgehead atoms. The van der Waals surface area contributed by atoms with Gasteiger partial charge in [0, 0.05) is 18.3 Å². The van der Waals surface area contributed by atoms with Gasteiger partial charge in [0.2, 0.25) is 0 Å². The maximum absolute atomic E-state index is 14.1. The molecule has 0 saturated heterocycles. The molecular weight excluding hydrogens is 380 g/mol.